The Morgan fingerprint density at radius 2 is 1.81 bits per heavy atom. The molecule has 2 aromatic carbocycles. The highest BCUT2D eigenvalue weighted by Gasteiger charge is 2.17. The maximum absolute atomic E-state index is 12.3. The molecule has 0 bridgehead atoms. The van der Waals surface area contributed by atoms with Gasteiger partial charge in [-0.1, -0.05) is 41.6 Å². The van der Waals surface area contributed by atoms with E-state index in [0.29, 0.717) is 11.3 Å². The number of nitrogens with zero attached hydrogens (tertiary/aromatic N) is 6. The number of rotatable bonds is 4. The van der Waals surface area contributed by atoms with E-state index >= 15 is 0 Å². The highest BCUT2D eigenvalue weighted by molar-refractivity contribution is 7.70. The fourth-order valence-corrected chi connectivity index (χ4v) is 4.48. The summed E-state index contributed by atoms with van der Waals surface area (Å²) in [7, 11) is -2.30. The minimum absolute atomic E-state index is 0.0763. The van der Waals surface area contributed by atoms with Crippen LogP contribution in [0.2, 0.25) is 0 Å². The van der Waals surface area contributed by atoms with Gasteiger partial charge in [0, 0.05) is 22.5 Å². The molecule has 7 nitrogen and oxygen atoms in total. The molecule has 0 spiro atoms. The third-order valence-electron chi connectivity index (χ3n) is 5.45. The smallest absolute Gasteiger partial charge is 0.221 e. The van der Waals surface area contributed by atoms with E-state index in [1.165, 1.54) is 0 Å². The van der Waals surface area contributed by atoms with Crippen LogP contribution in [0, 0.1) is 0 Å². The summed E-state index contributed by atoms with van der Waals surface area (Å²) >= 11 is 0. The van der Waals surface area contributed by atoms with Crippen LogP contribution in [-0.4, -0.2) is 43.3 Å². The first-order chi connectivity index (χ1) is 14.9. The van der Waals surface area contributed by atoms with Crippen molar-refractivity contribution in [1.29, 1.82) is 0 Å². The SMILES string of the molecule is CC(c1ccc2ncccc2c1)n1nnc2ncc(-c3ccc(P(C)(C)=O)cc3)nc21. The third-order valence-corrected chi connectivity index (χ3v) is 6.99. The number of hydrogen-bond donors (Lipinski definition) is 0. The first-order valence-corrected chi connectivity index (χ1v) is 12.6. The Morgan fingerprint density at radius 3 is 2.58 bits per heavy atom. The van der Waals surface area contributed by atoms with E-state index < -0.39 is 7.14 Å². The Balaban J connectivity index is 1.54. The van der Waals surface area contributed by atoms with Crippen molar-refractivity contribution in [1.82, 2.24) is 29.9 Å². The van der Waals surface area contributed by atoms with Crippen LogP contribution >= 0.6 is 7.14 Å². The molecule has 5 rings (SSSR count). The molecular formula is C23H21N6OP. The summed E-state index contributed by atoms with van der Waals surface area (Å²) in [5, 5.41) is 10.4. The fraction of sp³-hybridized carbons (Fsp3) is 0.174. The number of hydrogen-bond acceptors (Lipinski definition) is 6. The van der Waals surface area contributed by atoms with Crippen LogP contribution in [0.4, 0.5) is 0 Å². The lowest BCUT2D eigenvalue weighted by atomic mass is 10.1. The van der Waals surface area contributed by atoms with Crippen LogP contribution in [0.15, 0.2) is 67.0 Å². The van der Waals surface area contributed by atoms with Crippen molar-refractivity contribution in [2.45, 2.75) is 13.0 Å². The summed E-state index contributed by atoms with van der Waals surface area (Å²) in [6, 6.07) is 17.7. The molecule has 5 aromatic rings. The van der Waals surface area contributed by atoms with Crippen molar-refractivity contribution < 1.29 is 4.57 Å². The molecule has 154 valence electrons. The van der Waals surface area contributed by atoms with Gasteiger partial charge < -0.3 is 4.57 Å². The molecule has 8 heteroatoms. The van der Waals surface area contributed by atoms with Crippen LogP contribution in [0.5, 0.6) is 0 Å². The predicted molar refractivity (Wildman–Crippen MR) is 123 cm³/mol. The monoisotopic (exact) mass is 428 g/mol. The lowest BCUT2D eigenvalue weighted by Gasteiger charge is -2.13. The number of aromatic nitrogens is 6. The molecule has 3 heterocycles. The normalized spacial score (nSPS) is 13.0. The second-order valence-electron chi connectivity index (χ2n) is 7.97. The molecule has 0 saturated carbocycles. The van der Waals surface area contributed by atoms with Gasteiger partial charge in [-0.3, -0.25) is 4.98 Å². The van der Waals surface area contributed by atoms with E-state index in [0.717, 1.165) is 33.0 Å². The predicted octanol–water partition coefficient (Wildman–Crippen LogP) is 4.29. The van der Waals surface area contributed by atoms with Gasteiger partial charge in [0.2, 0.25) is 5.65 Å². The largest absolute Gasteiger partial charge is 0.319 e. The van der Waals surface area contributed by atoms with E-state index in [-0.39, 0.29) is 6.04 Å². The van der Waals surface area contributed by atoms with Crippen LogP contribution in [0.3, 0.4) is 0 Å². The molecular weight excluding hydrogens is 407 g/mol. The molecule has 0 aliphatic heterocycles. The Morgan fingerprint density at radius 1 is 1.00 bits per heavy atom. The van der Waals surface area contributed by atoms with E-state index in [9.17, 15) is 4.57 Å². The van der Waals surface area contributed by atoms with E-state index in [1.807, 2.05) is 42.5 Å². The molecule has 0 radical (unpaired) electrons. The zero-order valence-electron chi connectivity index (χ0n) is 17.5. The molecule has 1 unspecified atom stereocenters. The Hall–Kier alpha value is -3.44. The lowest BCUT2D eigenvalue weighted by molar-refractivity contribution is 0.556. The molecule has 0 saturated heterocycles. The van der Waals surface area contributed by atoms with Crippen molar-refractivity contribution in [2.24, 2.45) is 0 Å². The van der Waals surface area contributed by atoms with Crippen LogP contribution < -0.4 is 5.30 Å². The van der Waals surface area contributed by atoms with Gasteiger partial charge in [-0.05, 0) is 44.0 Å². The van der Waals surface area contributed by atoms with Crippen molar-refractivity contribution >= 4 is 34.6 Å². The first-order valence-electron chi connectivity index (χ1n) is 9.99. The van der Waals surface area contributed by atoms with E-state index in [4.69, 9.17) is 4.98 Å². The zero-order chi connectivity index (χ0) is 21.6. The Bertz CT molecular complexity index is 1450. The highest BCUT2D eigenvalue weighted by Crippen LogP contribution is 2.35. The first kappa shape index (κ1) is 19.5. The maximum atomic E-state index is 12.3. The average Bonchev–Trinajstić information content (AvgIpc) is 3.21. The van der Waals surface area contributed by atoms with Gasteiger partial charge in [0.1, 0.15) is 7.14 Å². The molecule has 0 aliphatic rings. The van der Waals surface area contributed by atoms with Gasteiger partial charge in [0.05, 0.1) is 23.4 Å². The quantitative estimate of drug-likeness (QED) is 0.397. The highest BCUT2D eigenvalue weighted by atomic mass is 31.2. The summed E-state index contributed by atoms with van der Waals surface area (Å²) in [6.07, 6.45) is 3.49. The maximum Gasteiger partial charge on any atom is 0.221 e. The summed E-state index contributed by atoms with van der Waals surface area (Å²) in [5.74, 6) is 0. The second kappa shape index (κ2) is 7.36. The standard InChI is InChI=1S/C23H21N6OP/c1-15(17-8-11-20-18(13-17)5-4-12-24-20)29-23-22(27-28-29)25-14-21(26-23)16-6-9-19(10-7-16)31(2,3)30/h4-15H,1-3H3. The molecule has 31 heavy (non-hydrogen) atoms. The topological polar surface area (TPSA) is 86.5 Å². The molecule has 3 aromatic heterocycles. The lowest BCUT2D eigenvalue weighted by Crippen LogP contribution is -2.10. The van der Waals surface area contributed by atoms with Gasteiger partial charge >= 0.3 is 0 Å². The van der Waals surface area contributed by atoms with Gasteiger partial charge in [0.15, 0.2) is 5.65 Å². The molecule has 0 fully saturated rings. The minimum Gasteiger partial charge on any atom is -0.319 e. The molecule has 0 N–H and O–H groups in total. The molecule has 1 atom stereocenters. The zero-order valence-corrected chi connectivity index (χ0v) is 18.4. The van der Waals surface area contributed by atoms with Crippen LogP contribution in [0.1, 0.15) is 18.5 Å². The number of pyridine rings is 1. The molecule has 0 amide bonds. The van der Waals surface area contributed by atoms with E-state index in [2.05, 4.69) is 39.3 Å². The van der Waals surface area contributed by atoms with Gasteiger partial charge in [0.25, 0.3) is 0 Å². The Labute approximate surface area is 179 Å². The summed E-state index contributed by atoms with van der Waals surface area (Å²) in [5.41, 5.74) is 4.79. The van der Waals surface area contributed by atoms with E-state index in [1.54, 1.807) is 30.4 Å². The van der Waals surface area contributed by atoms with Crippen LogP contribution in [-0.2, 0) is 4.57 Å². The Kier molecular flexibility index (Phi) is 4.63. The average molecular weight is 428 g/mol. The second-order valence-corrected chi connectivity index (χ2v) is 11.2. The summed E-state index contributed by atoms with van der Waals surface area (Å²) in [6.45, 7) is 5.60. The van der Waals surface area contributed by atoms with Gasteiger partial charge in [-0.15, -0.1) is 5.10 Å². The number of benzene rings is 2. The van der Waals surface area contributed by atoms with Crippen molar-refractivity contribution in [2.75, 3.05) is 13.3 Å². The van der Waals surface area contributed by atoms with Gasteiger partial charge in [-0.2, -0.15) is 0 Å². The fourth-order valence-electron chi connectivity index (χ4n) is 3.62. The van der Waals surface area contributed by atoms with Crippen molar-refractivity contribution in [3.8, 4) is 11.3 Å². The van der Waals surface area contributed by atoms with Crippen molar-refractivity contribution in [3.63, 3.8) is 0 Å². The number of fused-ring (bicyclic) bond motifs is 2. The van der Waals surface area contributed by atoms with Crippen LogP contribution in [0.25, 0.3) is 33.5 Å². The summed E-state index contributed by atoms with van der Waals surface area (Å²) in [4.78, 5) is 13.6. The molecule has 0 aliphatic carbocycles. The van der Waals surface area contributed by atoms with Crippen molar-refractivity contribution in [3.05, 3.63) is 72.6 Å². The minimum atomic E-state index is -2.30. The van der Waals surface area contributed by atoms with Gasteiger partial charge in [-0.25, -0.2) is 14.6 Å². The third kappa shape index (κ3) is 3.62. The summed E-state index contributed by atoms with van der Waals surface area (Å²) < 4.78 is 14.1.